The lowest BCUT2D eigenvalue weighted by atomic mass is 9.84. The van der Waals surface area contributed by atoms with E-state index >= 15 is 0 Å². The molecular weight excluding hydrogens is 440 g/mol. The Bertz CT molecular complexity index is 1120. The van der Waals surface area contributed by atoms with E-state index in [4.69, 9.17) is 5.21 Å². The van der Waals surface area contributed by atoms with Crippen LogP contribution in [0.5, 0.6) is 0 Å². The number of hydrogen-bond donors (Lipinski definition) is 3. The molecule has 2 rings (SSSR count). The fraction of sp³-hybridized carbons (Fsp3) is 0.308. The Morgan fingerprint density at radius 1 is 0.971 bits per heavy atom. The number of hydrogen-bond acceptors (Lipinski definition) is 4. The first kappa shape index (κ1) is 26.5. The lowest BCUT2D eigenvalue weighted by Gasteiger charge is -2.32. The number of amides is 2. The van der Waals surface area contributed by atoms with E-state index in [1.165, 1.54) is 23.2 Å². The highest BCUT2D eigenvalue weighted by molar-refractivity contribution is 5.97. The molecule has 0 fully saturated rings. The van der Waals surface area contributed by atoms with E-state index in [0.29, 0.717) is 5.56 Å². The fourth-order valence-corrected chi connectivity index (χ4v) is 2.96. The smallest absolute Gasteiger partial charge is 0.266 e. The van der Waals surface area contributed by atoms with Gasteiger partial charge >= 0.3 is 0 Å². The van der Waals surface area contributed by atoms with Crippen LogP contribution >= 0.6 is 0 Å². The second-order valence-electron chi connectivity index (χ2n) is 8.52. The summed E-state index contributed by atoms with van der Waals surface area (Å²) in [5.41, 5.74) is 2.20. The number of rotatable bonds is 7. The zero-order valence-electron chi connectivity index (χ0n) is 19.4. The van der Waals surface area contributed by atoms with Crippen molar-refractivity contribution < 1.29 is 23.6 Å². The van der Waals surface area contributed by atoms with Crippen molar-refractivity contribution in [3.8, 4) is 23.7 Å². The summed E-state index contributed by atoms with van der Waals surface area (Å²) in [6.07, 6.45) is -2.91. The number of nitrogens with one attached hydrogen (secondary N) is 2. The van der Waals surface area contributed by atoms with Gasteiger partial charge in [-0.15, -0.1) is 0 Å². The van der Waals surface area contributed by atoms with Gasteiger partial charge < -0.3 is 10.2 Å². The zero-order chi connectivity index (χ0) is 25.3. The summed E-state index contributed by atoms with van der Waals surface area (Å²) >= 11 is 0. The molecule has 0 bridgehead atoms. The van der Waals surface area contributed by atoms with E-state index in [1.807, 2.05) is 38.4 Å². The summed E-state index contributed by atoms with van der Waals surface area (Å²) in [5.74, 6) is 9.49. The largest absolute Gasteiger partial charge is 0.339 e. The monoisotopic (exact) mass is 467 g/mol. The van der Waals surface area contributed by atoms with Gasteiger partial charge in [-0.25, -0.2) is 14.3 Å². The van der Waals surface area contributed by atoms with Crippen LogP contribution in [0.4, 0.5) is 8.78 Å². The first-order chi connectivity index (χ1) is 16.0. The zero-order valence-corrected chi connectivity index (χ0v) is 19.4. The van der Waals surface area contributed by atoms with Gasteiger partial charge in [0.15, 0.2) is 0 Å². The summed E-state index contributed by atoms with van der Waals surface area (Å²) < 4.78 is 26.7. The fourth-order valence-electron chi connectivity index (χ4n) is 2.96. The Kier molecular flexibility index (Phi) is 9.32. The van der Waals surface area contributed by atoms with Crippen molar-refractivity contribution in [1.29, 1.82) is 0 Å². The maximum absolute atomic E-state index is 13.3. The molecule has 3 N–H and O–H groups in total. The quantitative estimate of drug-likeness (QED) is 0.332. The topological polar surface area (TPSA) is 81.7 Å². The molecule has 0 heterocycles. The third-order valence-electron chi connectivity index (χ3n) is 5.03. The van der Waals surface area contributed by atoms with E-state index in [-0.39, 0.29) is 5.56 Å². The van der Waals surface area contributed by atoms with Gasteiger partial charge in [-0.1, -0.05) is 37.8 Å². The predicted molar refractivity (Wildman–Crippen MR) is 125 cm³/mol. The third kappa shape index (κ3) is 7.41. The molecule has 0 aliphatic rings. The average molecular weight is 468 g/mol. The van der Waals surface area contributed by atoms with Crippen LogP contribution in [0, 0.1) is 29.1 Å². The number of halogens is 2. The Balaban J connectivity index is 2.06. The van der Waals surface area contributed by atoms with Gasteiger partial charge in [-0.05, 0) is 67.9 Å². The number of carbonyl (C=O) groups excluding carboxylic acids is 2. The molecular formula is C26H27F2N3O3. The highest BCUT2D eigenvalue weighted by atomic mass is 19.3. The molecule has 34 heavy (non-hydrogen) atoms. The van der Waals surface area contributed by atoms with Crippen molar-refractivity contribution in [2.45, 2.75) is 32.9 Å². The molecule has 2 aromatic carbocycles. The van der Waals surface area contributed by atoms with Crippen LogP contribution in [0.3, 0.4) is 0 Å². The van der Waals surface area contributed by atoms with Gasteiger partial charge in [0.1, 0.15) is 6.04 Å². The minimum atomic E-state index is -2.91. The molecule has 0 saturated carbocycles. The summed E-state index contributed by atoms with van der Waals surface area (Å²) in [6, 6.07) is 12.3. The predicted octanol–water partition coefficient (Wildman–Crippen LogP) is 3.05. The van der Waals surface area contributed by atoms with Crippen molar-refractivity contribution in [3.05, 3.63) is 70.8 Å². The van der Waals surface area contributed by atoms with E-state index in [0.717, 1.165) is 26.0 Å². The molecule has 1 atom stereocenters. The van der Waals surface area contributed by atoms with Gasteiger partial charge in [0, 0.05) is 23.2 Å². The highest BCUT2D eigenvalue weighted by Gasteiger charge is 2.43. The molecule has 8 heteroatoms. The molecule has 0 spiro atoms. The molecule has 178 valence electrons. The van der Waals surface area contributed by atoms with Crippen molar-refractivity contribution in [1.82, 2.24) is 15.7 Å². The Morgan fingerprint density at radius 3 is 1.91 bits per heavy atom. The Labute approximate surface area is 198 Å². The van der Waals surface area contributed by atoms with E-state index in [9.17, 15) is 18.4 Å². The lowest BCUT2D eigenvalue weighted by Crippen LogP contribution is -2.56. The number of benzene rings is 2. The molecule has 0 unspecified atom stereocenters. The third-order valence-corrected chi connectivity index (χ3v) is 5.03. The van der Waals surface area contributed by atoms with Crippen LogP contribution in [-0.2, 0) is 11.3 Å². The molecule has 2 aromatic rings. The Morgan fingerprint density at radius 2 is 1.47 bits per heavy atom. The second-order valence-corrected chi connectivity index (χ2v) is 8.52. The van der Waals surface area contributed by atoms with Crippen LogP contribution in [0.2, 0.25) is 0 Å². The summed E-state index contributed by atoms with van der Waals surface area (Å²) in [5, 5.41) is 11.1. The van der Waals surface area contributed by atoms with Crippen molar-refractivity contribution in [2.75, 3.05) is 14.1 Å². The summed E-state index contributed by atoms with van der Waals surface area (Å²) in [4.78, 5) is 26.4. The van der Waals surface area contributed by atoms with Gasteiger partial charge in [0.05, 0.1) is 5.41 Å². The molecule has 2 amide bonds. The van der Waals surface area contributed by atoms with Crippen LogP contribution in [-0.4, -0.2) is 48.5 Å². The van der Waals surface area contributed by atoms with Crippen LogP contribution < -0.4 is 10.8 Å². The van der Waals surface area contributed by atoms with Gasteiger partial charge in [0.25, 0.3) is 11.8 Å². The van der Waals surface area contributed by atoms with Crippen molar-refractivity contribution in [3.63, 3.8) is 0 Å². The first-order valence-corrected chi connectivity index (χ1v) is 10.4. The van der Waals surface area contributed by atoms with Crippen molar-refractivity contribution >= 4 is 11.8 Å². The van der Waals surface area contributed by atoms with Gasteiger partial charge in [0.2, 0.25) is 6.43 Å². The van der Waals surface area contributed by atoms with Gasteiger partial charge in [-0.3, -0.25) is 14.8 Å². The molecule has 0 aliphatic carbocycles. The number of alkyl halides is 2. The number of carbonyl (C=O) groups is 2. The van der Waals surface area contributed by atoms with E-state index < -0.39 is 29.7 Å². The Hall–Kier alpha value is -3.72. The number of nitrogens with zero attached hydrogens (tertiary/aromatic N) is 1. The van der Waals surface area contributed by atoms with E-state index in [1.54, 1.807) is 12.1 Å². The van der Waals surface area contributed by atoms with E-state index in [2.05, 4.69) is 33.9 Å². The van der Waals surface area contributed by atoms with Crippen LogP contribution in [0.15, 0.2) is 48.5 Å². The molecule has 0 radical (unpaired) electrons. The molecule has 0 saturated heterocycles. The standard InChI is InChI=1S/C26H27F2N3O3/c1-26(2,25(27)28)22(24(33)30-34)29-23(32)21-15-13-19(14-16-21)8-6-5-7-18-9-11-20(12-10-18)17-31(3)4/h9-16,22,25,34H,17H2,1-4H3,(H,29,32)(H,30,33)/t22-/m1/s1. The first-order valence-electron chi connectivity index (χ1n) is 10.4. The molecule has 0 aliphatic heterocycles. The minimum Gasteiger partial charge on any atom is -0.339 e. The SMILES string of the molecule is CN(C)Cc1ccc(C#CC#Cc2ccc(C(=O)N[C@H](C(=O)NO)C(C)(C)C(F)F)cc2)cc1. The minimum absolute atomic E-state index is 0.148. The summed E-state index contributed by atoms with van der Waals surface area (Å²) in [7, 11) is 4.01. The summed E-state index contributed by atoms with van der Waals surface area (Å²) in [6.45, 7) is 3.09. The van der Waals surface area contributed by atoms with Crippen molar-refractivity contribution in [2.24, 2.45) is 5.41 Å². The maximum Gasteiger partial charge on any atom is 0.266 e. The average Bonchev–Trinajstić information content (AvgIpc) is 2.80. The molecule has 0 aromatic heterocycles. The van der Waals surface area contributed by atoms with Gasteiger partial charge in [-0.2, -0.15) is 0 Å². The normalized spacial score (nSPS) is 11.7. The highest BCUT2D eigenvalue weighted by Crippen LogP contribution is 2.29. The van der Waals surface area contributed by atoms with Crippen LogP contribution in [0.25, 0.3) is 0 Å². The maximum atomic E-state index is 13.3. The lowest BCUT2D eigenvalue weighted by molar-refractivity contribution is -0.137. The second kappa shape index (κ2) is 11.9. The van der Waals surface area contributed by atoms with Crippen LogP contribution in [0.1, 0.15) is 40.9 Å². The molecule has 6 nitrogen and oxygen atoms in total. The number of hydroxylamine groups is 1.